The molecule has 4 N–H and O–H groups in total. The van der Waals surface area contributed by atoms with Crippen molar-refractivity contribution in [2.75, 3.05) is 50.9 Å². The number of ether oxygens (including phenoxy) is 2. The van der Waals surface area contributed by atoms with Gasteiger partial charge < -0.3 is 30.7 Å². The number of halogens is 7. The molecule has 16 heteroatoms. The van der Waals surface area contributed by atoms with Crippen molar-refractivity contribution in [3.05, 3.63) is 28.8 Å². The molecular formula is C35H52F7N7O2. The standard InChI is InChI=1S/C23H25F5N6O2.C8H15F2N.2C2H6/c1-9-7-10(2)36-21-14-19(33-22(35-4)34-20(14)31-6-5-30-9)17(25)18(32-21)12-8-13(29)16(24)11(3)15(12)23(26,27)28;1-8(9,10)4-7-11-5-2-3-6-11;2*1-2/h8-10,30H,5-7,29H2,1-4H3,(H,31,33,34);2-7H2,1H3;2*1-2H3. The van der Waals surface area contributed by atoms with Crippen LogP contribution in [-0.2, 0) is 6.18 Å². The van der Waals surface area contributed by atoms with Gasteiger partial charge in [0, 0.05) is 37.7 Å². The molecule has 0 bridgehead atoms. The summed E-state index contributed by atoms with van der Waals surface area (Å²) in [6.07, 6.45) is -2.60. The largest absolute Gasteiger partial charge is 0.474 e. The van der Waals surface area contributed by atoms with Gasteiger partial charge in [0.05, 0.1) is 24.5 Å². The molecule has 0 spiro atoms. The molecule has 0 radical (unpaired) electrons. The van der Waals surface area contributed by atoms with Crippen LogP contribution in [0.15, 0.2) is 6.07 Å². The Morgan fingerprint density at radius 1 is 0.980 bits per heavy atom. The smallest absolute Gasteiger partial charge is 0.417 e. The summed E-state index contributed by atoms with van der Waals surface area (Å²) in [6.45, 7) is 17.1. The summed E-state index contributed by atoms with van der Waals surface area (Å²) in [5.41, 5.74) is 1.04. The quantitative estimate of drug-likeness (QED) is 0.175. The zero-order valence-electron chi connectivity index (χ0n) is 30.9. The van der Waals surface area contributed by atoms with Gasteiger partial charge in [0.15, 0.2) is 5.82 Å². The summed E-state index contributed by atoms with van der Waals surface area (Å²) in [5, 5.41) is 6.40. The molecule has 0 amide bonds. The lowest BCUT2D eigenvalue weighted by atomic mass is 9.96. The highest BCUT2D eigenvalue weighted by Crippen LogP contribution is 2.44. The molecule has 288 valence electrons. The summed E-state index contributed by atoms with van der Waals surface area (Å²) in [4.78, 5) is 14.6. The normalized spacial score (nSPS) is 18.0. The molecule has 0 saturated carbocycles. The van der Waals surface area contributed by atoms with Crippen molar-refractivity contribution in [1.29, 1.82) is 0 Å². The zero-order valence-corrected chi connectivity index (χ0v) is 30.9. The molecule has 2 aliphatic rings. The van der Waals surface area contributed by atoms with E-state index in [1.807, 2.05) is 34.6 Å². The van der Waals surface area contributed by atoms with E-state index in [1.165, 1.54) is 20.0 Å². The Labute approximate surface area is 295 Å². The number of alkyl halides is 5. The topological polar surface area (TPSA) is 110 Å². The predicted octanol–water partition coefficient (Wildman–Crippen LogP) is 8.63. The Balaban J connectivity index is 0.000000505. The lowest BCUT2D eigenvalue weighted by molar-refractivity contribution is -0.137. The summed E-state index contributed by atoms with van der Waals surface area (Å²) >= 11 is 0. The number of methoxy groups -OCH3 is 1. The van der Waals surface area contributed by atoms with Crippen LogP contribution in [0, 0.1) is 18.6 Å². The fourth-order valence-corrected chi connectivity index (χ4v) is 5.65. The van der Waals surface area contributed by atoms with Crippen molar-refractivity contribution in [3.63, 3.8) is 0 Å². The molecule has 51 heavy (non-hydrogen) atoms. The number of nitrogens with zero attached hydrogens (tertiary/aromatic N) is 4. The predicted molar refractivity (Wildman–Crippen MR) is 188 cm³/mol. The van der Waals surface area contributed by atoms with Gasteiger partial charge in [-0.05, 0) is 71.7 Å². The van der Waals surface area contributed by atoms with E-state index >= 15 is 4.39 Å². The van der Waals surface area contributed by atoms with Crippen molar-refractivity contribution >= 4 is 22.4 Å². The Morgan fingerprint density at radius 3 is 2.18 bits per heavy atom. The minimum absolute atomic E-state index is 0.00694. The van der Waals surface area contributed by atoms with Crippen molar-refractivity contribution in [3.8, 4) is 23.1 Å². The van der Waals surface area contributed by atoms with Crippen LogP contribution in [0.3, 0.4) is 0 Å². The molecule has 2 aromatic heterocycles. The number of hydrogen-bond donors (Lipinski definition) is 3. The first-order valence-electron chi connectivity index (χ1n) is 17.4. The third-order valence-electron chi connectivity index (χ3n) is 7.95. The van der Waals surface area contributed by atoms with Gasteiger partial charge in [0.2, 0.25) is 11.8 Å². The Bertz CT molecular complexity index is 1560. The van der Waals surface area contributed by atoms with Gasteiger partial charge in [-0.3, -0.25) is 0 Å². The van der Waals surface area contributed by atoms with E-state index in [9.17, 15) is 26.3 Å². The number of rotatable bonds is 5. The Morgan fingerprint density at radius 2 is 1.61 bits per heavy atom. The van der Waals surface area contributed by atoms with Crippen LogP contribution < -0.4 is 25.8 Å². The SMILES string of the molecule is CC.CC.CC(F)(F)CCN1CCCC1.COc1nc2c3c(nc(-c4cc(N)c(F)c(C)c4C(F)(F)F)c(F)c3n1)OC(C)CC(C)NCCN2. The van der Waals surface area contributed by atoms with E-state index in [2.05, 4.69) is 30.5 Å². The molecule has 4 heterocycles. The fraction of sp³-hybridized carbons (Fsp3) is 0.629. The molecule has 3 aromatic rings. The summed E-state index contributed by atoms with van der Waals surface area (Å²) in [6, 6.07) is 0.533. The second kappa shape index (κ2) is 19.3. The van der Waals surface area contributed by atoms with E-state index in [0.717, 1.165) is 26.9 Å². The van der Waals surface area contributed by atoms with Crippen LogP contribution in [-0.4, -0.2) is 77.8 Å². The van der Waals surface area contributed by atoms with Crippen LogP contribution in [0.25, 0.3) is 22.2 Å². The van der Waals surface area contributed by atoms with E-state index in [0.29, 0.717) is 32.1 Å². The van der Waals surface area contributed by atoms with Crippen LogP contribution in [0.1, 0.15) is 85.3 Å². The zero-order chi connectivity index (χ0) is 38.7. The Hall–Kier alpha value is -3.66. The van der Waals surface area contributed by atoms with E-state index in [4.69, 9.17) is 15.2 Å². The van der Waals surface area contributed by atoms with Gasteiger partial charge in [0.1, 0.15) is 28.2 Å². The molecule has 0 aliphatic carbocycles. The fourth-order valence-electron chi connectivity index (χ4n) is 5.65. The van der Waals surface area contributed by atoms with Crippen LogP contribution >= 0.6 is 0 Å². The van der Waals surface area contributed by atoms with Gasteiger partial charge in [-0.25, -0.2) is 22.5 Å². The molecular weight excluding hydrogens is 683 g/mol. The highest BCUT2D eigenvalue weighted by atomic mass is 19.4. The van der Waals surface area contributed by atoms with Crippen LogP contribution in [0.4, 0.5) is 42.2 Å². The number of nitrogens with two attached hydrogens (primary N) is 1. The van der Waals surface area contributed by atoms with Crippen molar-refractivity contribution in [1.82, 2.24) is 25.2 Å². The highest BCUT2D eigenvalue weighted by molar-refractivity contribution is 5.96. The number of nitrogens with one attached hydrogen (secondary N) is 2. The number of nitrogen functional groups attached to an aromatic ring is 1. The average molecular weight is 736 g/mol. The van der Waals surface area contributed by atoms with Crippen LogP contribution in [0.5, 0.6) is 11.9 Å². The summed E-state index contributed by atoms with van der Waals surface area (Å²) < 4.78 is 108. The minimum Gasteiger partial charge on any atom is -0.474 e. The van der Waals surface area contributed by atoms with Gasteiger partial charge in [-0.1, -0.05) is 27.7 Å². The maximum Gasteiger partial charge on any atom is 0.417 e. The monoisotopic (exact) mass is 735 g/mol. The molecule has 1 fully saturated rings. The molecule has 9 nitrogen and oxygen atoms in total. The van der Waals surface area contributed by atoms with Crippen molar-refractivity contribution < 1.29 is 40.2 Å². The maximum absolute atomic E-state index is 16.0. The lowest BCUT2D eigenvalue weighted by Gasteiger charge is -2.21. The van der Waals surface area contributed by atoms with Crippen molar-refractivity contribution in [2.45, 2.75) is 105 Å². The number of benzene rings is 1. The van der Waals surface area contributed by atoms with E-state index in [-0.39, 0.29) is 41.1 Å². The van der Waals surface area contributed by atoms with Gasteiger partial charge in [0.25, 0.3) is 0 Å². The summed E-state index contributed by atoms with van der Waals surface area (Å²) in [7, 11) is 1.27. The second-order valence-electron chi connectivity index (χ2n) is 12.0. The third-order valence-corrected chi connectivity index (χ3v) is 7.95. The first-order chi connectivity index (χ1) is 24.0. The molecule has 5 rings (SSSR count). The average Bonchev–Trinajstić information content (AvgIpc) is 3.60. The first-order valence-corrected chi connectivity index (χ1v) is 17.4. The maximum atomic E-state index is 16.0. The number of likely N-dealkylation sites (tertiary alicyclic amines) is 1. The van der Waals surface area contributed by atoms with Gasteiger partial charge in [-0.15, -0.1) is 0 Å². The summed E-state index contributed by atoms with van der Waals surface area (Å²) in [5.74, 6) is -4.96. The van der Waals surface area contributed by atoms with E-state index in [1.54, 1.807) is 6.92 Å². The Kier molecular flexibility index (Phi) is 16.4. The number of pyridine rings is 1. The number of hydrogen-bond acceptors (Lipinski definition) is 9. The molecule has 2 atom stereocenters. The third kappa shape index (κ3) is 11.7. The molecule has 1 saturated heterocycles. The minimum atomic E-state index is -5.03. The molecule has 2 unspecified atom stereocenters. The van der Waals surface area contributed by atoms with Gasteiger partial charge >= 0.3 is 12.2 Å². The number of anilines is 2. The second-order valence-corrected chi connectivity index (χ2v) is 12.0. The highest BCUT2D eigenvalue weighted by Gasteiger charge is 2.39. The van der Waals surface area contributed by atoms with E-state index < -0.39 is 57.9 Å². The van der Waals surface area contributed by atoms with Crippen molar-refractivity contribution in [2.24, 2.45) is 0 Å². The molecule has 2 aliphatic heterocycles. The number of aromatic nitrogens is 3. The van der Waals surface area contributed by atoms with Crippen LogP contribution in [0.2, 0.25) is 0 Å². The molecule has 1 aromatic carbocycles. The first kappa shape index (κ1) is 43.5. The lowest BCUT2D eigenvalue weighted by Crippen LogP contribution is -2.34. The van der Waals surface area contributed by atoms with Gasteiger partial charge in [-0.2, -0.15) is 23.1 Å².